The van der Waals surface area contributed by atoms with Gasteiger partial charge >= 0.3 is 12.6 Å². The van der Waals surface area contributed by atoms with Gasteiger partial charge in [-0.2, -0.15) is 8.78 Å². The van der Waals surface area contributed by atoms with Crippen molar-refractivity contribution in [3.05, 3.63) is 29.8 Å². The fraction of sp³-hybridized carbons (Fsp3) is 0.533. The Morgan fingerprint density at radius 3 is 2.62 bits per heavy atom. The Balaban J connectivity index is 1.90. The lowest BCUT2D eigenvalue weighted by molar-refractivity contribution is -0.138. The number of carboxylic acids is 1. The molecule has 1 saturated heterocycles. The summed E-state index contributed by atoms with van der Waals surface area (Å²) in [5.41, 5.74) is 0.731. The molecule has 1 aromatic carbocycles. The maximum Gasteiger partial charge on any atom is 0.387 e. The first-order valence-electron chi connectivity index (χ1n) is 7.01. The molecule has 0 spiro atoms. The molecule has 1 fully saturated rings. The highest BCUT2D eigenvalue weighted by Crippen LogP contribution is 2.25. The smallest absolute Gasteiger partial charge is 0.387 e. The zero-order valence-electron chi connectivity index (χ0n) is 11.7. The molecule has 1 heterocycles. The molecule has 1 aliphatic rings. The van der Waals surface area contributed by atoms with E-state index in [4.69, 9.17) is 5.11 Å². The summed E-state index contributed by atoms with van der Waals surface area (Å²) < 4.78 is 29.2. The van der Waals surface area contributed by atoms with Gasteiger partial charge in [-0.1, -0.05) is 18.2 Å². The quantitative estimate of drug-likeness (QED) is 0.877. The number of alkyl halides is 2. The molecule has 0 bridgehead atoms. The van der Waals surface area contributed by atoms with Crippen LogP contribution in [0.4, 0.5) is 8.78 Å². The zero-order chi connectivity index (χ0) is 15.2. The molecular formula is C15H19F2NO3. The lowest BCUT2D eigenvalue weighted by Gasteiger charge is -2.31. The van der Waals surface area contributed by atoms with Gasteiger partial charge in [0, 0.05) is 18.5 Å². The van der Waals surface area contributed by atoms with E-state index < -0.39 is 12.6 Å². The summed E-state index contributed by atoms with van der Waals surface area (Å²) in [6.07, 6.45) is 1.85. The first kappa shape index (κ1) is 15.7. The average Bonchev–Trinajstić information content (AvgIpc) is 2.42. The first-order chi connectivity index (χ1) is 10.0. The summed E-state index contributed by atoms with van der Waals surface area (Å²) in [5, 5.41) is 8.79. The second kappa shape index (κ2) is 7.36. The number of nitrogens with zero attached hydrogens (tertiary/aromatic N) is 1. The molecule has 1 N–H and O–H groups in total. The van der Waals surface area contributed by atoms with E-state index in [1.54, 1.807) is 24.3 Å². The van der Waals surface area contributed by atoms with Gasteiger partial charge in [-0.3, -0.25) is 9.69 Å². The molecule has 6 heteroatoms. The SMILES string of the molecule is O=C(O)CC1CCN(Cc2ccccc2OC(F)F)CC1. The van der Waals surface area contributed by atoms with Crippen LogP contribution in [0.5, 0.6) is 5.75 Å². The second-order valence-electron chi connectivity index (χ2n) is 5.30. The first-order valence-corrected chi connectivity index (χ1v) is 7.01. The molecule has 0 unspecified atom stereocenters. The minimum absolute atomic E-state index is 0.207. The predicted octanol–water partition coefficient (Wildman–Crippen LogP) is 2.97. The largest absolute Gasteiger partial charge is 0.481 e. The van der Waals surface area contributed by atoms with E-state index >= 15 is 0 Å². The molecule has 0 atom stereocenters. The van der Waals surface area contributed by atoms with Gasteiger partial charge in [-0.25, -0.2) is 0 Å². The van der Waals surface area contributed by atoms with E-state index in [1.807, 2.05) is 0 Å². The number of benzene rings is 1. The summed E-state index contributed by atoms with van der Waals surface area (Å²) in [6.45, 7) is -0.725. The van der Waals surface area contributed by atoms with Crippen molar-refractivity contribution in [1.29, 1.82) is 0 Å². The number of hydrogen-bond acceptors (Lipinski definition) is 3. The Bertz CT molecular complexity index is 474. The number of aliphatic carboxylic acids is 1. The van der Waals surface area contributed by atoms with Crippen LogP contribution in [0.15, 0.2) is 24.3 Å². The highest BCUT2D eigenvalue weighted by Gasteiger charge is 2.22. The van der Waals surface area contributed by atoms with Gasteiger partial charge < -0.3 is 9.84 Å². The third-order valence-corrected chi connectivity index (χ3v) is 3.75. The van der Waals surface area contributed by atoms with Crippen molar-refractivity contribution < 1.29 is 23.4 Å². The third kappa shape index (κ3) is 4.97. The van der Waals surface area contributed by atoms with Gasteiger partial charge in [0.2, 0.25) is 0 Å². The number of likely N-dealkylation sites (tertiary alicyclic amines) is 1. The summed E-state index contributed by atoms with van der Waals surface area (Å²) in [5.74, 6) is -0.337. The van der Waals surface area contributed by atoms with Crippen molar-refractivity contribution in [3.8, 4) is 5.75 Å². The fourth-order valence-corrected chi connectivity index (χ4v) is 2.68. The third-order valence-electron chi connectivity index (χ3n) is 3.75. The number of ether oxygens (including phenoxy) is 1. The maximum atomic E-state index is 12.4. The molecule has 2 rings (SSSR count). The van der Waals surface area contributed by atoms with Gasteiger partial charge in [0.15, 0.2) is 0 Å². The molecule has 0 radical (unpaired) electrons. The monoisotopic (exact) mass is 299 g/mol. The Morgan fingerprint density at radius 2 is 2.00 bits per heavy atom. The van der Waals surface area contributed by atoms with Crippen LogP contribution in [-0.4, -0.2) is 35.7 Å². The summed E-state index contributed by atoms with van der Waals surface area (Å²) >= 11 is 0. The second-order valence-corrected chi connectivity index (χ2v) is 5.30. The zero-order valence-corrected chi connectivity index (χ0v) is 11.7. The highest BCUT2D eigenvalue weighted by molar-refractivity contribution is 5.67. The Kier molecular flexibility index (Phi) is 5.50. The fourth-order valence-electron chi connectivity index (χ4n) is 2.68. The number of piperidine rings is 1. The van der Waals surface area contributed by atoms with Crippen molar-refractivity contribution in [3.63, 3.8) is 0 Å². The van der Waals surface area contributed by atoms with Gasteiger partial charge in [-0.15, -0.1) is 0 Å². The molecule has 116 valence electrons. The average molecular weight is 299 g/mol. The van der Waals surface area contributed by atoms with Gasteiger partial charge in [-0.05, 0) is 37.9 Å². The number of carbonyl (C=O) groups is 1. The highest BCUT2D eigenvalue weighted by atomic mass is 19.3. The van der Waals surface area contributed by atoms with Crippen molar-refractivity contribution >= 4 is 5.97 Å². The number of rotatable bonds is 6. The van der Waals surface area contributed by atoms with Crippen LogP contribution >= 0.6 is 0 Å². The van der Waals surface area contributed by atoms with E-state index in [9.17, 15) is 13.6 Å². The van der Waals surface area contributed by atoms with E-state index in [0.717, 1.165) is 31.5 Å². The van der Waals surface area contributed by atoms with Crippen molar-refractivity contribution in [1.82, 2.24) is 4.90 Å². The van der Waals surface area contributed by atoms with Crippen LogP contribution in [0.1, 0.15) is 24.8 Å². The number of para-hydroxylation sites is 1. The van der Waals surface area contributed by atoms with Crippen molar-refractivity contribution in [2.75, 3.05) is 13.1 Å². The molecule has 4 nitrogen and oxygen atoms in total. The molecule has 0 saturated carbocycles. The van der Waals surface area contributed by atoms with Gasteiger partial charge in [0.25, 0.3) is 0 Å². The molecule has 21 heavy (non-hydrogen) atoms. The van der Waals surface area contributed by atoms with Crippen LogP contribution in [0.2, 0.25) is 0 Å². The summed E-state index contributed by atoms with van der Waals surface area (Å²) in [7, 11) is 0. The molecule has 1 aromatic rings. The number of hydrogen-bond donors (Lipinski definition) is 1. The van der Waals surface area contributed by atoms with E-state index in [2.05, 4.69) is 9.64 Å². The van der Waals surface area contributed by atoms with Crippen LogP contribution in [0.25, 0.3) is 0 Å². The van der Waals surface area contributed by atoms with Crippen LogP contribution < -0.4 is 4.74 Å². The lowest BCUT2D eigenvalue weighted by Crippen LogP contribution is -2.34. The van der Waals surface area contributed by atoms with E-state index in [0.29, 0.717) is 6.54 Å². The lowest BCUT2D eigenvalue weighted by atomic mass is 9.93. The molecule has 0 aliphatic carbocycles. The molecule has 0 amide bonds. The normalized spacial score (nSPS) is 17.1. The van der Waals surface area contributed by atoms with Crippen LogP contribution in [0, 0.1) is 5.92 Å². The minimum Gasteiger partial charge on any atom is -0.481 e. The summed E-state index contributed by atoms with van der Waals surface area (Å²) in [6, 6.07) is 6.78. The topological polar surface area (TPSA) is 49.8 Å². The standard InChI is InChI=1S/C15H19F2NO3/c16-15(17)21-13-4-2-1-3-12(13)10-18-7-5-11(6-8-18)9-14(19)20/h1-4,11,15H,5-10H2,(H,19,20). The molecule has 1 aliphatic heterocycles. The summed E-state index contributed by atoms with van der Waals surface area (Å²) in [4.78, 5) is 12.8. The Morgan fingerprint density at radius 1 is 1.33 bits per heavy atom. The Hall–Kier alpha value is -1.69. The minimum atomic E-state index is -2.83. The van der Waals surface area contributed by atoms with Crippen molar-refractivity contribution in [2.45, 2.75) is 32.4 Å². The van der Waals surface area contributed by atoms with Gasteiger partial charge in [0.05, 0.1) is 0 Å². The van der Waals surface area contributed by atoms with E-state index in [-0.39, 0.29) is 18.1 Å². The molecular weight excluding hydrogens is 280 g/mol. The van der Waals surface area contributed by atoms with Crippen molar-refractivity contribution in [2.24, 2.45) is 5.92 Å². The maximum absolute atomic E-state index is 12.4. The predicted molar refractivity (Wildman–Crippen MR) is 73.3 cm³/mol. The van der Waals surface area contributed by atoms with Crippen LogP contribution in [0.3, 0.4) is 0 Å². The number of carboxylic acid groups (broad SMARTS) is 1. The van der Waals surface area contributed by atoms with Gasteiger partial charge in [0.1, 0.15) is 5.75 Å². The van der Waals surface area contributed by atoms with E-state index in [1.165, 1.54) is 0 Å². The number of halogens is 2. The van der Waals surface area contributed by atoms with Crippen LogP contribution in [-0.2, 0) is 11.3 Å². The Labute approximate surface area is 122 Å². The molecule has 0 aromatic heterocycles.